The largest absolute Gasteiger partial charge is 0.462 e. The summed E-state index contributed by atoms with van der Waals surface area (Å²) in [6, 6.07) is 8.54. The highest BCUT2D eigenvalue weighted by Gasteiger charge is 2.35. The van der Waals surface area contributed by atoms with Crippen molar-refractivity contribution in [3.8, 4) is 12.1 Å². The maximum absolute atomic E-state index is 13.8. The Balaban J connectivity index is 1.33. The lowest BCUT2D eigenvalue weighted by Gasteiger charge is -2.42. The fourth-order valence-electron chi connectivity index (χ4n) is 6.33. The van der Waals surface area contributed by atoms with Crippen molar-refractivity contribution in [2.75, 3.05) is 56.2 Å². The highest BCUT2D eigenvalue weighted by Crippen LogP contribution is 2.40. The van der Waals surface area contributed by atoms with Crippen LogP contribution >= 0.6 is 22.9 Å². The molecule has 42 heavy (non-hydrogen) atoms. The molecule has 12 heteroatoms. The van der Waals surface area contributed by atoms with Gasteiger partial charge >= 0.3 is 6.01 Å². The standard InChI is InChI=1S/C30H33ClFN7O2S/c1-19(32)29(40)39-14-13-38(15-20(39)8-10-33)28-22-9-12-37(25-6-3-7-26-27(25)23(31)18-42-26)16-24(22)34-30(35-28)41-17-21-5-4-11-36(21)2/h3,6-7,18,20-21H,1,4-5,8-9,11-17H2,2H3/t20-,21-/m0/s1. The third-order valence-electron chi connectivity index (χ3n) is 8.57. The van der Waals surface area contributed by atoms with Gasteiger partial charge in [0.1, 0.15) is 12.4 Å². The molecule has 2 atom stereocenters. The number of carbonyl (C=O) groups excluding carboxylic acids is 1. The minimum atomic E-state index is -1.01. The molecular formula is C30H33ClFN7O2S. The van der Waals surface area contributed by atoms with E-state index in [0.29, 0.717) is 44.7 Å². The van der Waals surface area contributed by atoms with Gasteiger partial charge in [-0.05, 0) is 45.0 Å². The van der Waals surface area contributed by atoms with Crippen LogP contribution in [0.2, 0.25) is 5.02 Å². The zero-order valence-corrected chi connectivity index (χ0v) is 25.1. The number of halogens is 2. The zero-order chi connectivity index (χ0) is 29.4. The summed E-state index contributed by atoms with van der Waals surface area (Å²) >= 11 is 8.24. The number of hydrogen-bond donors (Lipinski definition) is 0. The number of likely N-dealkylation sites (N-methyl/N-ethyl adjacent to an activating group) is 1. The summed E-state index contributed by atoms with van der Waals surface area (Å²) in [6.07, 6.45) is 3.00. The predicted molar refractivity (Wildman–Crippen MR) is 163 cm³/mol. The fourth-order valence-corrected chi connectivity index (χ4v) is 7.55. The van der Waals surface area contributed by atoms with Gasteiger partial charge in [0.2, 0.25) is 0 Å². The van der Waals surface area contributed by atoms with Gasteiger partial charge in [-0.2, -0.15) is 15.2 Å². The molecular weight excluding hydrogens is 577 g/mol. The normalized spacial score (nSPS) is 21.0. The first-order valence-corrected chi connectivity index (χ1v) is 15.5. The van der Waals surface area contributed by atoms with Crippen LogP contribution < -0.4 is 14.5 Å². The van der Waals surface area contributed by atoms with Gasteiger partial charge in [-0.15, -0.1) is 11.3 Å². The summed E-state index contributed by atoms with van der Waals surface area (Å²) in [5, 5.41) is 13.2. The Morgan fingerprint density at radius 2 is 2.10 bits per heavy atom. The van der Waals surface area contributed by atoms with E-state index < -0.39 is 17.8 Å². The van der Waals surface area contributed by atoms with E-state index in [1.165, 1.54) is 4.90 Å². The number of carbonyl (C=O) groups is 1. The Hall–Kier alpha value is -3.46. The fraction of sp³-hybridized carbons (Fsp3) is 0.467. The second-order valence-electron chi connectivity index (χ2n) is 11.1. The Morgan fingerprint density at radius 3 is 2.86 bits per heavy atom. The number of nitriles is 1. The lowest BCUT2D eigenvalue weighted by atomic mass is 10.0. The van der Waals surface area contributed by atoms with Crippen molar-refractivity contribution in [3.63, 3.8) is 0 Å². The average Bonchev–Trinajstić information content (AvgIpc) is 3.59. The number of aromatic nitrogens is 2. The first kappa shape index (κ1) is 28.6. The van der Waals surface area contributed by atoms with Crippen molar-refractivity contribution in [1.29, 1.82) is 5.26 Å². The SMILES string of the molecule is C=C(F)C(=O)N1CCN(c2nc(OC[C@@H]3CCCN3C)nc3c2CCN(c2cccc4scc(Cl)c24)C3)C[C@@H]1CC#N. The molecule has 0 bridgehead atoms. The molecule has 0 unspecified atom stereocenters. The van der Waals surface area contributed by atoms with E-state index in [4.69, 9.17) is 26.3 Å². The molecule has 0 radical (unpaired) electrons. The van der Waals surface area contributed by atoms with E-state index in [9.17, 15) is 14.4 Å². The van der Waals surface area contributed by atoms with Gasteiger partial charge in [0.25, 0.3) is 5.91 Å². The van der Waals surface area contributed by atoms with Crippen LogP contribution in [0.25, 0.3) is 10.1 Å². The van der Waals surface area contributed by atoms with Crippen LogP contribution in [0.5, 0.6) is 6.01 Å². The minimum absolute atomic E-state index is 0.0827. The summed E-state index contributed by atoms with van der Waals surface area (Å²) in [7, 11) is 2.11. The second-order valence-corrected chi connectivity index (χ2v) is 12.4. The molecule has 2 aromatic heterocycles. The molecule has 6 rings (SSSR count). The van der Waals surface area contributed by atoms with Crippen molar-refractivity contribution in [1.82, 2.24) is 19.8 Å². The molecule has 0 N–H and O–H groups in total. The monoisotopic (exact) mass is 609 g/mol. The quantitative estimate of drug-likeness (QED) is 0.353. The summed E-state index contributed by atoms with van der Waals surface area (Å²) in [5.41, 5.74) is 3.00. The third-order valence-corrected chi connectivity index (χ3v) is 9.95. The number of anilines is 2. The highest BCUT2D eigenvalue weighted by molar-refractivity contribution is 7.18. The van der Waals surface area contributed by atoms with Gasteiger partial charge < -0.3 is 24.3 Å². The first-order valence-electron chi connectivity index (χ1n) is 14.2. The molecule has 220 valence electrons. The second kappa shape index (κ2) is 12.0. The molecule has 2 saturated heterocycles. The van der Waals surface area contributed by atoms with Crippen LogP contribution in [0, 0.1) is 11.3 Å². The molecule has 0 spiro atoms. The molecule has 5 heterocycles. The van der Waals surface area contributed by atoms with Gasteiger partial charge in [0.05, 0.1) is 35.8 Å². The van der Waals surface area contributed by atoms with Gasteiger partial charge in [-0.3, -0.25) is 4.79 Å². The molecule has 2 fully saturated rings. The summed E-state index contributed by atoms with van der Waals surface area (Å²) in [5.74, 6) is -1.02. The number of piperazine rings is 1. The number of nitrogens with zero attached hydrogens (tertiary/aromatic N) is 7. The number of ether oxygens (including phenoxy) is 1. The first-order chi connectivity index (χ1) is 20.3. The number of amides is 1. The Bertz CT molecular complexity index is 1560. The van der Waals surface area contributed by atoms with E-state index in [-0.39, 0.29) is 13.0 Å². The average molecular weight is 610 g/mol. The Morgan fingerprint density at radius 1 is 1.24 bits per heavy atom. The van der Waals surface area contributed by atoms with E-state index >= 15 is 0 Å². The van der Waals surface area contributed by atoms with E-state index in [0.717, 1.165) is 63.8 Å². The van der Waals surface area contributed by atoms with E-state index in [1.807, 2.05) is 5.38 Å². The molecule has 0 saturated carbocycles. The van der Waals surface area contributed by atoms with E-state index in [1.54, 1.807) is 11.3 Å². The third kappa shape index (κ3) is 5.51. The maximum atomic E-state index is 13.8. The topological polar surface area (TPSA) is 88.8 Å². The Kier molecular flexibility index (Phi) is 8.21. The van der Waals surface area contributed by atoms with Crippen molar-refractivity contribution >= 4 is 50.4 Å². The smallest absolute Gasteiger partial charge is 0.318 e. The number of thiophene rings is 1. The lowest BCUT2D eigenvalue weighted by molar-refractivity contribution is -0.131. The van der Waals surface area contributed by atoms with Gasteiger partial charge in [-0.25, -0.2) is 4.39 Å². The van der Waals surface area contributed by atoms with Crippen LogP contribution in [-0.2, 0) is 17.8 Å². The minimum Gasteiger partial charge on any atom is -0.462 e. The summed E-state index contributed by atoms with van der Waals surface area (Å²) in [4.78, 5) is 30.4. The molecule has 1 amide bonds. The van der Waals surface area contributed by atoms with Crippen LogP contribution in [0.15, 0.2) is 36.0 Å². The van der Waals surface area contributed by atoms with Crippen molar-refractivity contribution < 1.29 is 13.9 Å². The zero-order valence-electron chi connectivity index (χ0n) is 23.6. The van der Waals surface area contributed by atoms with Crippen LogP contribution in [-0.4, -0.2) is 84.1 Å². The number of fused-ring (bicyclic) bond motifs is 2. The summed E-state index contributed by atoms with van der Waals surface area (Å²) in [6.45, 7) is 7.11. The van der Waals surface area contributed by atoms with Gasteiger partial charge in [0.15, 0.2) is 5.83 Å². The molecule has 0 aliphatic carbocycles. The lowest BCUT2D eigenvalue weighted by Crippen LogP contribution is -2.55. The number of likely N-dealkylation sites (tertiary alicyclic amines) is 1. The van der Waals surface area contributed by atoms with Gasteiger partial charge in [0, 0.05) is 58.9 Å². The van der Waals surface area contributed by atoms with Crippen molar-refractivity contribution in [2.24, 2.45) is 0 Å². The number of hydrogen-bond acceptors (Lipinski definition) is 9. The predicted octanol–water partition coefficient (Wildman–Crippen LogP) is 4.79. The highest BCUT2D eigenvalue weighted by atomic mass is 35.5. The maximum Gasteiger partial charge on any atom is 0.318 e. The Labute approximate surface area is 253 Å². The van der Waals surface area contributed by atoms with Crippen LogP contribution in [0.4, 0.5) is 15.9 Å². The molecule has 3 aromatic rings. The van der Waals surface area contributed by atoms with E-state index in [2.05, 4.69) is 52.6 Å². The van der Waals surface area contributed by atoms with Crippen LogP contribution in [0.3, 0.4) is 0 Å². The number of benzene rings is 1. The van der Waals surface area contributed by atoms with Crippen molar-refractivity contribution in [3.05, 3.63) is 52.3 Å². The molecule has 3 aliphatic heterocycles. The van der Waals surface area contributed by atoms with Crippen LogP contribution in [0.1, 0.15) is 30.5 Å². The van der Waals surface area contributed by atoms with Crippen molar-refractivity contribution in [2.45, 2.75) is 44.3 Å². The molecule has 9 nitrogen and oxygen atoms in total. The summed E-state index contributed by atoms with van der Waals surface area (Å²) < 4.78 is 21.2. The number of rotatable bonds is 7. The molecule has 3 aliphatic rings. The van der Waals surface area contributed by atoms with Gasteiger partial charge in [-0.1, -0.05) is 24.2 Å². The molecule has 1 aromatic carbocycles.